The minimum Gasteiger partial charge on any atom is -0.465 e. The maximum absolute atomic E-state index is 15.1. The van der Waals surface area contributed by atoms with Gasteiger partial charge in [0, 0.05) is 30.0 Å². The number of carbonyl (C=O) groups is 1. The van der Waals surface area contributed by atoms with Crippen molar-refractivity contribution in [2.45, 2.75) is 25.7 Å². The number of carboxylic acid groups (broad SMARTS) is 1. The molecule has 1 N–H and O–H groups in total. The van der Waals surface area contributed by atoms with Crippen molar-refractivity contribution >= 4 is 22.6 Å². The Morgan fingerprint density at radius 1 is 1.22 bits per heavy atom. The van der Waals surface area contributed by atoms with Gasteiger partial charge in [0.25, 0.3) is 0 Å². The Labute approximate surface area is 181 Å². The number of hydrogen-bond acceptors (Lipinski definition) is 6. The molecule has 1 saturated heterocycles. The van der Waals surface area contributed by atoms with E-state index in [2.05, 4.69) is 26.3 Å². The van der Waals surface area contributed by atoms with Crippen LogP contribution in [-0.4, -0.2) is 54.0 Å². The molecule has 0 saturated carbocycles. The molecule has 1 aliphatic rings. The first-order valence-corrected chi connectivity index (χ1v) is 10.1. The molecule has 0 bridgehead atoms. The summed E-state index contributed by atoms with van der Waals surface area (Å²) < 4.78 is 16.6. The van der Waals surface area contributed by atoms with Gasteiger partial charge in [-0.2, -0.15) is 20.6 Å². The lowest BCUT2D eigenvalue weighted by Gasteiger charge is -2.29. The van der Waals surface area contributed by atoms with E-state index in [9.17, 15) is 10.1 Å². The molecule has 4 aromatic rings. The molecule has 0 radical (unpaired) electrons. The Bertz CT molecular complexity index is 1420. The van der Waals surface area contributed by atoms with Crippen LogP contribution in [0, 0.1) is 24.1 Å². The second-order valence-electron chi connectivity index (χ2n) is 7.91. The lowest BCUT2D eigenvalue weighted by atomic mass is 9.92. The zero-order chi connectivity index (χ0) is 22.4. The molecule has 0 unspecified atom stereocenters. The molecule has 32 heavy (non-hydrogen) atoms. The van der Waals surface area contributed by atoms with E-state index < -0.39 is 11.9 Å². The minimum atomic E-state index is -0.927. The van der Waals surface area contributed by atoms with Gasteiger partial charge in [-0.3, -0.25) is 0 Å². The van der Waals surface area contributed by atoms with Gasteiger partial charge in [-0.05, 0) is 44.0 Å². The molecule has 1 amide bonds. The van der Waals surface area contributed by atoms with Crippen LogP contribution in [0.15, 0.2) is 30.5 Å². The van der Waals surface area contributed by atoms with Gasteiger partial charge in [-0.25, -0.2) is 18.7 Å². The van der Waals surface area contributed by atoms with E-state index in [1.54, 1.807) is 24.4 Å². The summed E-state index contributed by atoms with van der Waals surface area (Å²) >= 11 is 0. The fraction of sp³-hybridized carbons (Fsp3) is 0.273. The van der Waals surface area contributed by atoms with Gasteiger partial charge in [0.2, 0.25) is 0 Å². The molecule has 0 spiro atoms. The molecule has 1 fully saturated rings. The van der Waals surface area contributed by atoms with Crippen LogP contribution in [0.25, 0.3) is 27.8 Å². The number of rotatable bonds is 2. The standard InChI is InChI=1S/C22H18FN7O2/c1-12-11-30-21(25-12)15(10-24)8-19(28-30)14-6-17(23)16-9-18(26-27-20(16)7-14)13-2-4-29(5-3-13)22(31)32/h6-9,11,13H,2-5H2,1H3,(H,31,32). The number of fused-ring (bicyclic) bond motifs is 2. The first kappa shape index (κ1) is 19.8. The summed E-state index contributed by atoms with van der Waals surface area (Å²) in [5.41, 5.74) is 3.48. The van der Waals surface area contributed by atoms with Gasteiger partial charge in [0.1, 0.15) is 11.9 Å². The monoisotopic (exact) mass is 431 g/mol. The summed E-state index contributed by atoms with van der Waals surface area (Å²) in [4.78, 5) is 16.8. The normalized spacial score (nSPS) is 14.7. The number of aryl methyl sites for hydroxylation is 1. The van der Waals surface area contributed by atoms with Crippen LogP contribution in [0.1, 0.15) is 35.7 Å². The van der Waals surface area contributed by atoms with E-state index in [4.69, 9.17) is 5.11 Å². The van der Waals surface area contributed by atoms with E-state index in [1.807, 2.05) is 6.92 Å². The maximum Gasteiger partial charge on any atom is 0.407 e. The van der Waals surface area contributed by atoms with Crippen molar-refractivity contribution in [3.63, 3.8) is 0 Å². The van der Waals surface area contributed by atoms with Gasteiger partial charge in [0.05, 0.1) is 34.4 Å². The molecular weight excluding hydrogens is 413 g/mol. The average molecular weight is 431 g/mol. The number of amides is 1. The molecule has 1 aromatic carbocycles. The number of nitriles is 1. The zero-order valence-electron chi connectivity index (χ0n) is 17.2. The number of aromatic nitrogens is 5. The first-order chi connectivity index (χ1) is 15.4. The number of nitrogens with zero attached hydrogens (tertiary/aromatic N) is 7. The van der Waals surface area contributed by atoms with Crippen molar-refractivity contribution in [1.29, 1.82) is 5.26 Å². The molecule has 5 rings (SSSR count). The largest absolute Gasteiger partial charge is 0.465 e. The number of benzene rings is 1. The van der Waals surface area contributed by atoms with E-state index in [0.29, 0.717) is 65.0 Å². The topological polar surface area (TPSA) is 120 Å². The Hall–Kier alpha value is -4.13. The van der Waals surface area contributed by atoms with Crippen molar-refractivity contribution in [2.24, 2.45) is 0 Å². The fourth-order valence-corrected chi connectivity index (χ4v) is 4.15. The zero-order valence-corrected chi connectivity index (χ0v) is 17.2. The molecule has 0 aliphatic carbocycles. The summed E-state index contributed by atoms with van der Waals surface area (Å²) in [5, 5.41) is 31.9. The van der Waals surface area contributed by atoms with Crippen LogP contribution >= 0.6 is 0 Å². The summed E-state index contributed by atoms with van der Waals surface area (Å²) in [6, 6.07) is 8.46. The lowest BCUT2D eigenvalue weighted by Crippen LogP contribution is -2.37. The number of halogens is 1. The minimum absolute atomic E-state index is 0.0355. The van der Waals surface area contributed by atoms with Crippen molar-refractivity contribution in [1.82, 2.24) is 29.7 Å². The number of hydrogen-bond donors (Lipinski definition) is 1. The number of imidazole rings is 1. The van der Waals surface area contributed by atoms with E-state index >= 15 is 4.39 Å². The van der Waals surface area contributed by atoms with Crippen molar-refractivity contribution in [3.8, 4) is 17.3 Å². The molecule has 3 aromatic heterocycles. The van der Waals surface area contributed by atoms with Gasteiger partial charge < -0.3 is 10.0 Å². The van der Waals surface area contributed by atoms with Gasteiger partial charge in [-0.15, -0.1) is 0 Å². The highest BCUT2D eigenvalue weighted by Gasteiger charge is 2.25. The number of piperidine rings is 1. The first-order valence-electron chi connectivity index (χ1n) is 10.1. The van der Waals surface area contributed by atoms with Crippen LogP contribution in [0.2, 0.25) is 0 Å². The Balaban J connectivity index is 1.51. The highest BCUT2D eigenvalue weighted by atomic mass is 19.1. The van der Waals surface area contributed by atoms with Crippen molar-refractivity contribution in [3.05, 3.63) is 53.2 Å². The third kappa shape index (κ3) is 3.37. The van der Waals surface area contributed by atoms with Crippen LogP contribution in [-0.2, 0) is 0 Å². The predicted octanol–water partition coefficient (Wildman–Crippen LogP) is 3.52. The third-order valence-corrected chi connectivity index (χ3v) is 5.82. The highest BCUT2D eigenvalue weighted by molar-refractivity contribution is 5.84. The smallest absolute Gasteiger partial charge is 0.407 e. The Kier molecular flexibility index (Phi) is 4.66. The summed E-state index contributed by atoms with van der Waals surface area (Å²) in [5.74, 6) is -0.424. The predicted molar refractivity (Wildman–Crippen MR) is 113 cm³/mol. The van der Waals surface area contributed by atoms with Gasteiger partial charge in [-0.1, -0.05) is 0 Å². The summed E-state index contributed by atoms with van der Waals surface area (Å²) in [7, 11) is 0. The maximum atomic E-state index is 15.1. The van der Waals surface area contributed by atoms with Crippen molar-refractivity contribution < 1.29 is 14.3 Å². The van der Waals surface area contributed by atoms with E-state index in [-0.39, 0.29) is 5.92 Å². The van der Waals surface area contributed by atoms with E-state index in [1.165, 1.54) is 15.5 Å². The Morgan fingerprint density at radius 3 is 2.72 bits per heavy atom. The molecule has 10 heteroatoms. The fourth-order valence-electron chi connectivity index (χ4n) is 4.15. The molecule has 1 aliphatic heterocycles. The average Bonchev–Trinajstić information content (AvgIpc) is 3.18. The summed E-state index contributed by atoms with van der Waals surface area (Å²) in [6.45, 7) is 2.65. The third-order valence-electron chi connectivity index (χ3n) is 5.82. The van der Waals surface area contributed by atoms with Gasteiger partial charge >= 0.3 is 6.09 Å². The molecular formula is C22H18FN7O2. The van der Waals surface area contributed by atoms with E-state index in [0.717, 1.165) is 5.69 Å². The van der Waals surface area contributed by atoms with Crippen LogP contribution in [0.3, 0.4) is 0 Å². The lowest BCUT2D eigenvalue weighted by molar-refractivity contribution is 0.131. The van der Waals surface area contributed by atoms with Crippen LogP contribution in [0.5, 0.6) is 0 Å². The molecule has 9 nitrogen and oxygen atoms in total. The quantitative estimate of drug-likeness (QED) is 0.515. The van der Waals surface area contributed by atoms with Gasteiger partial charge in [0.15, 0.2) is 5.65 Å². The molecule has 0 atom stereocenters. The summed E-state index contributed by atoms with van der Waals surface area (Å²) in [6.07, 6.45) is 2.02. The Morgan fingerprint density at radius 2 is 2.00 bits per heavy atom. The van der Waals surface area contributed by atoms with Crippen molar-refractivity contribution in [2.75, 3.05) is 13.1 Å². The second-order valence-corrected chi connectivity index (χ2v) is 7.91. The highest BCUT2D eigenvalue weighted by Crippen LogP contribution is 2.31. The molecule has 160 valence electrons. The van der Waals surface area contributed by atoms with Crippen LogP contribution in [0.4, 0.5) is 9.18 Å². The second kappa shape index (κ2) is 7.53. The number of likely N-dealkylation sites (tertiary alicyclic amines) is 1. The SMILES string of the molecule is Cc1cn2nc(-c3cc(F)c4cc(C5CCN(C(=O)O)CC5)nnc4c3)cc(C#N)c2n1. The molecule has 4 heterocycles. The van der Waals surface area contributed by atoms with Crippen LogP contribution < -0.4 is 0 Å².